The molecule has 1 aromatic carbocycles. The van der Waals surface area contributed by atoms with E-state index in [-0.39, 0.29) is 12.4 Å². The van der Waals surface area contributed by atoms with Crippen LogP contribution >= 0.6 is 12.4 Å². The van der Waals surface area contributed by atoms with Crippen molar-refractivity contribution < 1.29 is 4.74 Å². The Hall–Kier alpha value is -0.730. The second-order valence-corrected chi connectivity index (χ2v) is 3.62. The first kappa shape index (κ1) is 11.3. The highest BCUT2D eigenvalue weighted by Crippen LogP contribution is 2.21. The van der Waals surface area contributed by atoms with Crippen molar-refractivity contribution in [2.75, 3.05) is 7.11 Å². The Bertz CT molecular complexity index is 314. The van der Waals surface area contributed by atoms with Crippen LogP contribution in [0.15, 0.2) is 18.2 Å². The minimum Gasteiger partial charge on any atom is -0.497 e. The van der Waals surface area contributed by atoms with Crippen molar-refractivity contribution >= 4 is 12.4 Å². The molecular formula is C11H16ClNO. The monoisotopic (exact) mass is 213 g/mol. The van der Waals surface area contributed by atoms with Gasteiger partial charge in [0.1, 0.15) is 5.75 Å². The highest BCUT2D eigenvalue weighted by Gasteiger charge is 2.14. The van der Waals surface area contributed by atoms with Gasteiger partial charge in [0.2, 0.25) is 0 Å². The van der Waals surface area contributed by atoms with Crippen LogP contribution < -0.4 is 10.1 Å². The standard InChI is InChI=1S/C11H15NO.ClH/c1-8-5-10-6-11(13-2)4-3-9(10)7-12-8;/h3-4,6,8,12H,5,7H2,1-2H3;1H. The van der Waals surface area contributed by atoms with Gasteiger partial charge in [-0.05, 0) is 36.6 Å². The van der Waals surface area contributed by atoms with Crippen LogP contribution in [0, 0.1) is 0 Å². The predicted octanol–water partition coefficient (Wildman–Crippen LogP) is 2.15. The van der Waals surface area contributed by atoms with Crippen LogP contribution in [0.1, 0.15) is 18.1 Å². The fraction of sp³-hybridized carbons (Fsp3) is 0.455. The molecule has 0 bridgehead atoms. The Morgan fingerprint density at radius 3 is 2.86 bits per heavy atom. The third-order valence-electron chi connectivity index (χ3n) is 2.58. The molecule has 1 heterocycles. The zero-order valence-corrected chi connectivity index (χ0v) is 9.36. The number of ether oxygens (including phenoxy) is 1. The third kappa shape index (κ3) is 2.20. The lowest BCUT2D eigenvalue weighted by Crippen LogP contribution is -2.32. The van der Waals surface area contributed by atoms with Gasteiger partial charge in [-0.2, -0.15) is 0 Å². The van der Waals surface area contributed by atoms with Crippen LogP contribution in [0.5, 0.6) is 5.75 Å². The zero-order chi connectivity index (χ0) is 9.26. The number of benzene rings is 1. The highest BCUT2D eigenvalue weighted by molar-refractivity contribution is 5.85. The molecule has 1 atom stereocenters. The molecule has 0 saturated carbocycles. The van der Waals surface area contributed by atoms with Gasteiger partial charge >= 0.3 is 0 Å². The Morgan fingerprint density at radius 2 is 2.14 bits per heavy atom. The molecule has 78 valence electrons. The molecule has 1 N–H and O–H groups in total. The molecule has 0 amide bonds. The second-order valence-electron chi connectivity index (χ2n) is 3.62. The van der Waals surface area contributed by atoms with Gasteiger partial charge in [-0.25, -0.2) is 0 Å². The van der Waals surface area contributed by atoms with E-state index in [1.54, 1.807) is 7.11 Å². The van der Waals surface area contributed by atoms with Gasteiger partial charge in [0.05, 0.1) is 7.11 Å². The number of nitrogens with one attached hydrogen (secondary N) is 1. The maximum absolute atomic E-state index is 5.20. The van der Waals surface area contributed by atoms with Gasteiger partial charge < -0.3 is 10.1 Å². The molecule has 0 aliphatic carbocycles. The Labute approximate surface area is 91.1 Å². The van der Waals surface area contributed by atoms with E-state index in [9.17, 15) is 0 Å². The van der Waals surface area contributed by atoms with Crippen LogP contribution in [0.2, 0.25) is 0 Å². The minimum atomic E-state index is 0. The summed E-state index contributed by atoms with van der Waals surface area (Å²) in [4.78, 5) is 0. The number of halogens is 1. The minimum absolute atomic E-state index is 0. The first-order valence-electron chi connectivity index (χ1n) is 4.69. The van der Waals surface area contributed by atoms with E-state index in [2.05, 4.69) is 24.4 Å². The second kappa shape index (κ2) is 4.67. The van der Waals surface area contributed by atoms with E-state index in [0.717, 1.165) is 18.7 Å². The van der Waals surface area contributed by atoms with Crippen molar-refractivity contribution in [2.24, 2.45) is 0 Å². The molecule has 0 spiro atoms. The van der Waals surface area contributed by atoms with Crippen molar-refractivity contribution in [1.82, 2.24) is 5.32 Å². The van der Waals surface area contributed by atoms with Crippen LogP contribution in [0.3, 0.4) is 0 Å². The molecule has 0 fully saturated rings. The number of rotatable bonds is 1. The summed E-state index contributed by atoms with van der Waals surface area (Å²) in [6, 6.07) is 6.90. The predicted molar refractivity (Wildman–Crippen MR) is 60.2 cm³/mol. The van der Waals surface area contributed by atoms with Gasteiger partial charge in [0, 0.05) is 12.6 Å². The number of fused-ring (bicyclic) bond motifs is 1. The number of hydrogen-bond donors (Lipinski definition) is 1. The Balaban J connectivity index is 0.000000980. The summed E-state index contributed by atoms with van der Waals surface area (Å²) in [6.45, 7) is 3.20. The average Bonchev–Trinajstić information content (AvgIpc) is 2.16. The van der Waals surface area contributed by atoms with Crippen molar-refractivity contribution in [2.45, 2.75) is 25.9 Å². The van der Waals surface area contributed by atoms with Crippen LogP contribution in [-0.2, 0) is 13.0 Å². The van der Waals surface area contributed by atoms with Gasteiger partial charge in [0.25, 0.3) is 0 Å². The summed E-state index contributed by atoms with van der Waals surface area (Å²) in [5.41, 5.74) is 2.82. The van der Waals surface area contributed by atoms with Gasteiger partial charge in [-0.3, -0.25) is 0 Å². The quantitative estimate of drug-likeness (QED) is 0.772. The first-order chi connectivity index (χ1) is 6.29. The molecule has 2 rings (SSSR count). The topological polar surface area (TPSA) is 21.3 Å². The van der Waals surface area contributed by atoms with Crippen LogP contribution in [-0.4, -0.2) is 13.2 Å². The summed E-state index contributed by atoms with van der Waals surface area (Å²) in [5, 5.41) is 3.43. The van der Waals surface area contributed by atoms with E-state index >= 15 is 0 Å². The molecular weight excluding hydrogens is 198 g/mol. The summed E-state index contributed by atoms with van der Waals surface area (Å²) in [7, 11) is 1.71. The molecule has 1 aromatic rings. The summed E-state index contributed by atoms with van der Waals surface area (Å²) >= 11 is 0. The number of methoxy groups -OCH3 is 1. The number of hydrogen-bond acceptors (Lipinski definition) is 2. The summed E-state index contributed by atoms with van der Waals surface area (Å²) < 4.78 is 5.20. The average molecular weight is 214 g/mol. The van der Waals surface area contributed by atoms with E-state index in [4.69, 9.17) is 4.74 Å². The zero-order valence-electron chi connectivity index (χ0n) is 8.54. The van der Waals surface area contributed by atoms with Crippen molar-refractivity contribution in [3.05, 3.63) is 29.3 Å². The molecule has 0 saturated heterocycles. The lowest BCUT2D eigenvalue weighted by atomic mass is 9.96. The molecule has 2 nitrogen and oxygen atoms in total. The molecule has 14 heavy (non-hydrogen) atoms. The van der Waals surface area contributed by atoms with E-state index in [1.165, 1.54) is 11.1 Å². The van der Waals surface area contributed by atoms with Crippen LogP contribution in [0.25, 0.3) is 0 Å². The smallest absolute Gasteiger partial charge is 0.119 e. The fourth-order valence-corrected chi connectivity index (χ4v) is 1.78. The van der Waals surface area contributed by atoms with Gasteiger partial charge in [0.15, 0.2) is 0 Å². The molecule has 0 aromatic heterocycles. The summed E-state index contributed by atoms with van der Waals surface area (Å²) in [6.07, 6.45) is 1.10. The first-order valence-corrected chi connectivity index (χ1v) is 4.69. The largest absolute Gasteiger partial charge is 0.497 e. The van der Waals surface area contributed by atoms with Crippen molar-refractivity contribution in [3.8, 4) is 5.75 Å². The molecule has 0 radical (unpaired) electrons. The van der Waals surface area contributed by atoms with E-state index < -0.39 is 0 Å². The maximum Gasteiger partial charge on any atom is 0.119 e. The van der Waals surface area contributed by atoms with E-state index in [0.29, 0.717) is 6.04 Å². The third-order valence-corrected chi connectivity index (χ3v) is 2.58. The van der Waals surface area contributed by atoms with E-state index in [1.807, 2.05) is 6.07 Å². The highest BCUT2D eigenvalue weighted by atomic mass is 35.5. The normalized spacial score (nSPS) is 19.4. The van der Waals surface area contributed by atoms with Crippen molar-refractivity contribution in [1.29, 1.82) is 0 Å². The maximum atomic E-state index is 5.20. The molecule has 3 heteroatoms. The van der Waals surface area contributed by atoms with Crippen molar-refractivity contribution in [3.63, 3.8) is 0 Å². The Morgan fingerprint density at radius 1 is 1.36 bits per heavy atom. The van der Waals surface area contributed by atoms with Gasteiger partial charge in [-0.1, -0.05) is 6.07 Å². The molecule has 1 aliphatic rings. The fourth-order valence-electron chi connectivity index (χ4n) is 1.78. The lowest BCUT2D eigenvalue weighted by molar-refractivity contribution is 0.412. The summed E-state index contributed by atoms with van der Waals surface area (Å²) in [5.74, 6) is 0.966. The van der Waals surface area contributed by atoms with Crippen LogP contribution in [0.4, 0.5) is 0 Å². The SMILES string of the molecule is COc1ccc2c(c1)CC(C)NC2.Cl. The molecule has 1 unspecified atom stereocenters. The molecule has 1 aliphatic heterocycles. The van der Waals surface area contributed by atoms with Gasteiger partial charge in [-0.15, -0.1) is 12.4 Å². The lowest BCUT2D eigenvalue weighted by Gasteiger charge is -2.23. The Kier molecular flexibility index (Phi) is 3.78.